The van der Waals surface area contributed by atoms with Crippen molar-refractivity contribution >= 4 is 52.5 Å². The van der Waals surface area contributed by atoms with Crippen molar-refractivity contribution in [2.45, 2.75) is 62.5 Å². The van der Waals surface area contributed by atoms with Crippen LogP contribution >= 0.6 is 23.4 Å². The average Bonchev–Trinajstić information content (AvgIpc) is 3.53. The van der Waals surface area contributed by atoms with Gasteiger partial charge in [0.25, 0.3) is 0 Å². The molecule has 8 nitrogen and oxygen atoms in total. The van der Waals surface area contributed by atoms with Crippen LogP contribution in [0.3, 0.4) is 0 Å². The van der Waals surface area contributed by atoms with Crippen molar-refractivity contribution in [3.8, 4) is 5.75 Å². The van der Waals surface area contributed by atoms with E-state index >= 15 is 0 Å². The number of unbranched alkanes of at least 4 members (excludes halogenated alkanes) is 2. The topological polar surface area (TPSA) is 108 Å². The molecule has 41 heavy (non-hydrogen) atoms. The molecule has 2 aromatic carbocycles. The second-order valence-corrected chi connectivity index (χ2v) is 13.2. The van der Waals surface area contributed by atoms with Crippen LogP contribution in [0.4, 0.5) is 11.4 Å². The lowest BCUT2D eigenvalue weighted by molar-refractivity contribution is -0.138. The molecule has 3 heterocycles. The van der Waals surface area contributed by atoms with Gasteiger partial charge in [0.05, 0.1) is 33.9 Å². The van der Waals surface area contributed by atoms with Gasteiger partial charge in [0.1, 0.15) is 11.8 Å². The summed E-state index contributed by atoms with van der Waals surface area (Å²) in [6.45, 7) is 6.93. The van der Waals surface area contributed by atoms with E-state index < -0.39 is 22.6 Å². The second-order valence-electron chi connectivity index (χ2n) is 11.2. The molecular weight excluding hydrogens is 562 g/mol. The first-order chi connectivity index (χ1) is 19.7. The first-order valence-electron chi connectivity index (χ1n) is 14.4. The van der Waals surface area contributed by atoms with E-state index in [1.165, 1.54) is 0 Å². The van der Waals surface area contributed by atoms with Gasteiger partial charge in [-0.05, 0) is 81.3 Å². The summed E-state index contributed by atoms with van der Waals surface area (Å²) in [5.41, 5.74) is 2.02. The van der Waals surface area contributed by atoms with Gasteiger partial charge in [-0.1, -0.05) is 30.7 Å². The number of halogens is 1. The molecule has 10 heteroatoms. The Morgan fingerprint density at radius 2 is 1.88 bits per heavy atom. The lowest BCUT2D eigenvalue weighted by Crippen LogP contribution is -2.55. The van der Waals surface area contributed by atoms with Crippen LogP contribution in [0, 0.1) is 24.7 Å². The van der Waals surface area contributed by atoms with Crippen LogP contribution in [0.25, 0.3) is 0 Å². The molecule has 6 atom stereocenters. The molecule has 3 N–H and O–H groups in total. The van der Waals surface area contributed by atoms with Gasteiger partial charge in [-0.3, -0.25) is 14.4 Å². The van der Waals surface area contributed by atoms with Crippen LogP contribution in [-0.4, -0.2) is 63.5 Å². The summed E-state index contributed by atoms with van der Waals surface area (Å²) < 4.78 is 4.79. The predicted octanol–water partition coefficient (Wildman–Crippen LogP) is 5.12. The Morgan fingerprint density at radius 3 is 2.56 bits per heavy atom. The van der Waals surface area contributed by atoms with Crippen molar-refractivity contribution in [2.75, 3.05) is 30.4 Å². The van der Waals surface area contributed by atoms with Gasteiger partial charge in [-0.2, -0.15) is 0 Å². The van der Waals surface area contributed by atoms with E-state index in [9.17, 15) is 19.5 Å². The molecule has 3 amide bonds. The number of hydrogen-bond acceptors (Lipinski definition) is 6. The molecule has 0 radical (unpaired) electrons. The minimum atomic E-state index is -0.738. The van der Waals surface area contributed by atoms with E-state index in [1.807, 2.05) is 38.1 Å². The Kier molecular flexibility index (Phi) is 8.87. The number of para-hydroxylation sites is 1. The number of anilines is 2. The monoisotopic (exact) mass is 599 g/mol. The molecule has 3 saturated heterocycles. The zero-order valence-corrected chi connectivity index (χ0v) is 25.3. The van der Waals surface area contributed by atoms with Crippen LogP contribution in [0.1, 0.15) is 45.1 Å². The number of thioether (sulfide) groups is 1. The highest BCUT2D eigenvalue weighted by Gasteiger charge is 2.75. The van der Waals surface area contributed by atoms with Gasteiger partial charge in [0, 0.05) is 24.1 Å². The molecule has 3 fully saturated rings. The number of benzene rings is 2. The number of nitrogens with one attached hydrogen (secondary N) is 2. The van der Waals surface area contributed by atoms with Crippen LogP contribution < -0.4 is 15.4 Å². The third-order valence-corrected chi connectivity index (χ3v) is 11.1. The quantitative estimate of drug-likeness (QED) is 0.309. The maximum Gasteiger partial charge on any atom is 0.248 e. The van der Waals surface area contributed by atoms with E-state index in [-0.39, 0.29) is 35.5 Å². The Bertz CT molecular complexity index is 1290. The van der Waals surface area contributed by atoms with E-state index in [0.29, 0.717) is 42.4 Å². The van der Waals surface area contributed by atoms with E-state index in [2.05, 4.69) is 17.6 Å². The van der Waals surface area contributed by atoms with Crippen LogP contribution in [0.15, 0.2) is 42.5 Å². The van der Waals surface area contributed by atoms with Gasteiger partial charge in [-0.25, -0.2) is 0 Å². The van der Waals surface area contributed by atoms with E-state index in [4.69, 9.17) is 16.3 Å². The normalized spacial score (nSPS) is 28.1. The summed E-state index contributed by atoms with van der Waals surface area (Å²) in [5, 5.41) is 15.7. The number of nitrogens with zero attached hydrogens (tertiary/aromatic N) is 1. The number of aliphatic hydroxyl groups excluding tert-OH is 1. The molecule has 0 aromatic heterocycles. The minimum Gasteiger partial charge on any atom is -0.494 e. The predicted molar refractivity (Wildman–Crippen MR) is 162 cm³/mol. The number of rotatable bonds is 11. The molecule has 2 bridgehead atoms. The van der Waals surface area contributed by atoms with Crippen LogP contribution in [-0.2, 0) is 14.4 Å². The number of aryl methyl sites for hydroxylation is 1. The summed E-state index contributed by atoms with van der Waals surface area (Å²) in [6.07, 6.45) is 2.79. The van der Waals surface area contributed by atoms with Crippen molar-refractivity contribution in [1.82, 2.24) is 4.90 Å². The summed E-state index contributed by atoms with van der Waals surface area (Å²) in [7, 11) is 0. The van der Waals surface area contributed by atoms with Crippen molar-refractivity contribution in [1.29, 1.82) is 0 Å². The molecular formula is C31H38ClN3O5S. The molecule has 2 aromatic rings. The largest absolute Gasteiger partial charge is 0.494 e. The van der Waals surface area contributed by atoms with Crippen LogP contribution in [0.2, 0.25) is 5.02 Å². The number of ether oxygens (including phenoxy) is 1. The lowest BCUT2D eigenvalue weighted by atomic mass is 9.66. The summed E-state index contributed by atoms with van der Waals surface area (Å²) in [5.74, 6) is -0.974. The van der Waals surface area contributed by atoms with Crippen LogP contribution in [0.5, 0.6) is 5.75 Å². The fourth-order valence-corrected chi connectivity index (χ4v) is 9.63. The zero-order chi connectivity index (χ0) is 29.3. The SMILES string of the molecule is CCOc1ccc(NC(=O)[C@@H]2[C@@H]3CC(C)C4(S3)C(C(=O)Nc3c(C)cccc3Cl)N(CCCCCO)C(=O)[C@H]24)cc1. The molecule has 3 aliphatic heterocycles. The third-order valence-electron chi connectivity index (χ3n) is 8.76. The smallest absolute Gasteiger partial charge is 0.248 e. The molecule has 0 aliphatic carbocycles. The first-order valence-corrected chi connectivity index (χ1v) is 15.7. The number of carbonyl (C=O) groups excluding carboxylic acids is 3. The number of likely N-dealkylation sites (tertiary alicyclic amines) is 1. The van der Waals surface area contributed by atoms with Gasteiger partial charge in [0.2, 0.25) is 17.7 Å². The standard InChI is InChI=1S/C31H38ClN3O5S/c1-4-40-21-13-11-20(12-14-21)33-28(37)24-23-17-19(3)31(41-23)25(24)30(39)35(15-6-5-7-16-36)27(31)29(38)34-26-18(2)9-8-10-22(26)32/h8-14,19,23-25,27,36H,4-7,15-17H2,1-3H3,(H,33,37)(H,34,38)/t19?,23-,24+,25-,27?,31?/m0/s1. The molecule has 5 rings (SSSR count). The fraction of sp³-hybridized carbons (Fsp3) is 0.516. The molecule has 0 saturated carbocycles. The maximum absolute atomic E-state index is 14.2. The molecule has 3 aliphatic rings. The third kappa shape index (κ3) is 5.32. The van der Waals surface area contributed by atoms with Crippen molar-refractivity contribution in [3.05, 3.63) is 53.1 Å². The number of hydrogen-bond donors (Lipinski definition) is 3. The zero-order valence-electron chi connectivity index (χ0n) is 23.7. The number of amides is 3. The van der Waals surface area contributed by atoms with Gasteiger partial charge in [0.15, 0.2) is 0 Å². The Labute approximate surface area is 250 Å². The second kappa shape index (κ2) is 12.2. The Balaban J connectivity index is 1.45. The summed E-state index contributed by atoms with van der Waals surface area (Å²) >= 11 is 8.11. The highest BCUT2D eigenvalue weighted by atomic mass is 35.5. The lowest BCUT2D eigenvalue weighted by Gasteiger charge is -2.38. The Morgan fingerprint density at radius 1 is 1.12 bits per heavy atom. The number of carbonyl (C=O) groups is 3. The molecule has 1 spiro atoms. The highest BCUT2D eigenvalue weighted by Crippen LogP contribution is 2.68. The number of fused-ring (bicyclic) bond motifs is 1. The van der Waals surface area contributed by atoms with Gasteiger partial charge in [-0.15, -0.1) is 11.8 Å². The summed E-state index contributed by atoms with van der Waals surface area (Å²) in [4.78, 5) is 43.9. The molecule has 220 valence electrons. The first kappa shape index (κ1) is 29.7. The van der Waals surface area contributed by atoms with E-state index in [1.54, 1.807) is 34.9 Å². The maximum atomic E-state index is 14.2. The van der Waals surface area contributed by atoms with Gasteiger partial charge >= 0.3 is 0 Å². The summed E-state index contributed by atoms with van der Waals surface area (Å²) in [6, 6.07) is 11.9. The molecule has 3 unspecified atom stereocenters. The highest BCUT2D eigenvalue weighted by molar-refractivity contribution is 8.02. The van der Waals surface area contributed by atoms with Crippen molar-refractivity contribution in [2.24, 2.45) is 17.8 Å². The fourth-order valence-electron chi connectivity index (χ4n) is 6.94. The average molecular weight is 600 g/mol. The van der Waals surface area contributed by atoms with Crippen molar-refractivity contribution < 1.29 is 24.2 Å². The van der Waals surface area contributed by atoms with Crippen molar-refractivity contribution in [3.63, 3.8) is 0 Å². The number of aliphatic hydroxyl groups is 1. The minimum absolute atomic E-state index is 0.0597. The Hall–Kier alpha value is -2.75. The van der Waals surface area contributed by atoms with E-state index in [0.717, 1.165) is 24.2 Å². The van der Waals surface area contributed by atoms with Gasteiger partial charge < -0.3 is 25.4 Å².